The van der Waals surface area contributed by atoms with Gasteiger partial charge in [0.15, 0.2) is 0 Å². The van der Waals surface area contributed by atoms with Gasteiger partial charge in [-0.15, -0.1) is 0 Å². The first-order chi connectivity index (χ1) is 11.5. The summed E-state index contributed by atoms with van der Waals surface area (Å²) in [6.07, 6.45) is 2.90. The van der Waals surface area contributed by atoms with Crippen LogP contribution in [-0.4, -0.2) is 25.4 Å². The number of aryl methyl sites for hydroxylation is 2. The molecule has 0 aliphatic rings. The Morgan fingerprint density at radius 1 is 1.12 bits per heavy atom. The van der Waals surface area contributed by atoms with E-state index in [0.717, 1.165) is 11.4 Å². The number of amides is 1. The molecule has 1 amide bonds. The van der Waals surface area contributed by atoms with Crippen molar-refractivity contribution in [2.45, 2.75) is 13.8 Å². The first-order valence-electron chi connectivity index (χ1n) is 7.20. The molecule has 2 heterocycles. The molecule has 0 atom stereocenters. The Balaban J connectivity index is 1.76. The number of hydrogen-bond acceptors (Lipinski definition) is 5. The van der Waals surface area contributed by atoms with Crippen molar-refractivity contribution in [1.82, 2.24) is 24.9 Å². The van der Waals surface area contributed by atoms with E-state index in [9.17, 15) is 9.18 Å². The van der Waals surface area contributed by atoms with Crippen molar-refractivity contribution in [3.63, 3.8) is 0 Å². The first kappa shape index (κ1) is 15.6. The molecule has 0 aliphatic heterocycles. The molecule has 1 aromatic carbocycles. The molecule has 0 unspecified atom stereocenters. The molecule has 8 heteroatoms. The molecular weight excluding hydrogens is 311 g/mol. The van der Waals surface area contributed by atoms with E-state index in [2.05, 4.69) is 25.8 Å². The van der Waals surface area contributed by atoms with E-state index >= 15 is 0 Å². The highest BCUT2D eigenvalue weighted by molar-refractivity contribution is 5.93. The summed E-state index contributed by atoms with van der Waals surface area (Å²) in [6, 6.07) is 7.59. The largest absolute Gasteiger partial charge is 0.295 e. The number of carbonyl (C=O) groups is 1. The number of nitrogens with zero attached hydrogens (tertiary/aromatic N) is 4. The van der Waals surface area contributed by atoms with Crippen LogP contribution in [0.15, 0.2) is 42.9 Å². The van der Waals surface area contributed by atoms with Gasteiger partial charge in [-0.05, 0) is 44.2 Å². The minimum atomic E-state index is -0.417. The molecule has 24 heavy (non-hydrogen) atoms. The summed E-state index contributed by atoms with van der Waals surface area (Å²) in [5.41, 5.74) is 7.70. The molecule has 2 aromatic heterocycles. The van der Waals surface area contributed by atoms with Crippen LogP contribution in [0.1, 0.15) is 21.9 Å². The van der Waals surface area contributed by atoms with Gasteiger partial charge in [0.25, 0.3) is 5.91 Å². The standard InChI is InChI=1S/C16H15FN6O/c1-10-7-11(2)20-16(19-10)22-21-15(24)14-8-18-9-23(14)13-5-3-12(17)4-6-13/h3-9H,1-2H3,(H,21,24)(H,19,20,22). The van der Waals surface area contributed by atoms with Gasteiger partial charge in [0.2, 0.25) is 5.95 Å². The minimum Gasteiger partial charge on any atom is -0.295 e. The molecule has 7 nitrogen and oxygen atoms in total. The third-order valence-electron chi connectivity index (χ3n) is 3.25. The summed E-state index contributed by atoms with van der Waals surface area (Å²) >= 11 is 0. The fraction of sp³-hybridized carbons (Fsp3) is 0.125. The SMILES string of the molecule is Cc1cc(C)nc(NNC(=O)c2cncn2-c2ccc(F)cc2)n1. The highest BCUT2D eigenvalue weighted by Gasteiger charge is 2.13. The van der Waals surface area contributed by atoms with E-state index in [4.69, 9.17) is 0 Å². The van der Waals surface area contributed by atoms with E-state index in [1.165, 1.54) is 24.7 Å². The van der Waals surface area contributed by atoms with Crippen molar-refractivity contribution in [3.05, 3.63) is 65.8 Å². The zero-order chi connectivity index (χ0) is 17.1. The van der Waals surface area contributed by atoms with Crippen molar-refractivity contribution in [3.8, 4) is 5.69 Å². The minimum absolute atomic E-state index is 0.290. The number of hydrazine groups is 1. The molecule has 0 fully saturated rings. The van der Waals surface area contributed by atoms with Crippen molar-refractivity contribution >= 4 is 11.9 Å². The van der Waals surface area contributed by atoms with Crippen LogP contribution in [0, 0.1) is 19.7 Å². The zero-order valence-electron chi connectivity index (χ0n) is 13.1. The van der Waals surface area contributed by atoms with Crippen LogP contribution in [0.5, 0.6) is 0 Å². The molecule has 0 bridgehead atoms. The lowest BCUT2D eigenvalue weighted by atomic mass is 10.3. The number of anilines is 1. The van der Waals surface area contributed by atoms with E-state index in [-0.39, 0.29) is 5.82 Å². The van der Waals surface area contributed by atoms with Crippen LogP contribution < -0.4 is 10.9 Å². The van der Waals surface area contributed by atoms with Crippen molar-refractivity contribution < 1.29 is 9.18 Å². The number of carbonyl (C=O) groups excluding carboxylic acids is 1. The highest BCUT2D eigenvalue weighted by atomic mass is 19.1. The lowest BCUT2D eigenvalue weighted by Gasteiger charge is -2.10. The second-order valence-corrected chi connectivity index (χ2v) is 5.18. The normalized spacial score (nSPS) is 10.5. The number of rotatable bonds is 4. The number of halogens is 1. The van der Waals surface area contributed by atoms with Crippen molar-refractivity contribution in [2.24, 2.45) is 0 Å². The fourth-order valence-corrected chi connectivity index (χ4v) is 2.23. The average Bonchev–Trinajstić information content (AvgIpc) is 3.02. The topological polar surface area (TPSA) is 84.7 Å². The van der Waals surface area contributed by atoms with Crippen LogP contribution in [0.3, 0.4) is 0 Å². The molecule has 0 saturated carbocycles. The molecular formula is C16H15FN6O. The van der Waals surface area contributed by atoms with Crippen LogP contribution in [-0.2, 0) is 0 Å². The number of benzene rings is 1. The monoisotopic (exact) mass is 326 g/mol. The van der Waals surface area contributed by atoms with Crippen LogP contribution in [0.25, 0.3) is 5.69 Å². The van der Waals surface area contributed by atoms with Crippen LogP contribution in [0.2, 0.25) is 0 Å². The Morgan fingerprint density at radius 2 is 1.79 bits per heavy atom. The summed E-state index contributed by atoms with van der Waals surface area (Å²) in [5.74, 6) is -0.466. The first-order valence-corrected chi connectivity index (χ1v) is 7.20. The van der Waals surface area contributed by atoms with Gasteiger partial charge in [0.05, 0.1) is 12.5 Å². The quantitative estimate of drug-likeness (QED) is 0.718. The van der Waals surface area contributed by atoms with E-state index in [0.29, 0.717) is 17.3 Å². The van der Waals surface area contributed by atoms with Gasteiger partial charge in [-0.1, -0.05) is 0 Å². The Labute approximate surface area is 137 Å². The summed E-state index contributed by atoms with van der Waals surface area (Å²) in [7, 11) is 0. The highest BCUT2D eigenvalue weighted by Crippen LogP contribution is 2.12. The third-order valence-corrected chi connectivity index (χ3v) is 3.25. The molecule has 0 aliphatic carbocycles. The van der Waals surface area contributed by atoms with Gasteiger partial charge in [0, 0.05) is 17.1 Å². The summed E-state index contributed by atoms with van der Waals surface area (Å²) < 4.78 is 14.6. The second kappa shape index (κ2) is 6.45. The van der Waals surface area contributed by atoms with Gasteiger partial charge in [0.1, 0.15) is 11.5 Å². The lowest BCUT2D eigenvalue weighted by Crippen LogP contribution is -2.31. The number of imidazole rings is 1. The zero-order valence-corrected chi connectivity index (χ0v) is 13.1. The average molecular weight is 326 g/mol. The summed E-state index contributed by atoms with van der Waals surface area (Å²) in [5, 5.41) is 0. The van der Waals surface area contributed by atoms with Gasteiger partial charge in [-0.3, -0.25) is 20.2 Å². The third kappa shape index (κ3) is 3.37. The Bertz CT molecular complexity index is 854. The van der Waals surface area contributed by atoms with E-state index in [1.54, 1.807) is 16.7 Å². The molecule has 0 radical (unpaired) electrons. The lowest BCUT2D eigenvalue weighted by molar-refractivity contribution is 0.0955. The summed E-state index contributed by atoms with van der Waals surface area (Å²) in [6.45, 7) is 3.68. The Hall–Kier alpha value is -3.29. The molecule has 3 rings (SSSR count). The maximum Gasteiger partial charge on any atom is 0.288 e. The van der Waals surface area contributed by atoms with Crippen molar-refractivity contribution in [1.29, 1.82) is 0 Å². The second-order valence-electron chi connectivity index (χ2n) is 5.18. The predicted molar refractivity (Wildman–Crippen MR) is 86.1 cm³/mol. The molecule has 2 N–H and O–H groups in total. The number of aromatic nitrogens is 4. The molecule has 0 saturated heterocycles. The Morgan fingerprint density at radius 3 is 2.46 bits per heavy atom. The maximum absolute atomic E-state index is 13.0. The number of hydrogen-bond donors (Lipinski definition) is 2. The van der Waals surface area contributed by atoms with Gasteiger partial charge < -0.3 is 0 Å². The van der Waals surface area contributed by atoms with Crippen molar-refractivity contribution in [2.75, 3.05) is 5.43 Å². The molecule has 0 spiro atoms. The maximum atomic E-state index is 13.0. The Kier molecular flexibility index (Phi) is 4.19. The van der Waals surface area contributed by atoms with E-state index < -0.39 is 5.91 Å². The smallest absolute Gasteiger partial charge is 0.288 e. The van der Waals surface area contributed by atoms with Gasteiger partial charge in [-0.2, -0.15) is 0 Å². The molecule has 3 aromatic rings. The number of nitrogens with one attached hydrogen (secondary N) is 2. The summed E-state index contributed by atoms with van der Waals surface area (Å²) in [4.78, 5) is 24.7. The molecule has 122 valence electrons. The van der Waals surface area contributed by atoms with E-state index in [1.807, 2.05) is 19.9 Å². The van der Waals surface area contributed by atoms with Crippen LogP contribution in [0.4, 0.5) is 10.3 Å². The predicted octanol–water partition coefficient (Wildman–Crippen LogP) is 2.18. The van der Waals surface area contributed by atoms with Gasteiger partial charge >= 0.3 is 0 Å². The fourth-order valence-electron chi connectivity index (χ4n) is 2.23. The van der Waals surface area contributed by atoms with Gasteiger partial charge in [-0.25, -0.2) is 19.3 Å². The van der Waals surface area contributed by atoms with Crippen LogP contribution >= 0.6 is 0 Å².